The number of ether oxygens (including phenoxy) is 1. The molecule has 0 radical (unpaired) electrons. The third kappa shape index (κ3) is 2.58. The molecule has 0 aliphatic rings. The third-order valence-electron chi connectivity index (χ3n) is 2.83. The Bertz CT molecular complexity index is 712. The summed E-state index contributed by atoms with van der Waals surface area (Å²) >= 11 is 1.39. The zero-order valence-electron chi connectivity index (χ0n) is 11.0. The van der Waals surface area contributed by atoms with Crippen molar-refractivity contribution in [1.29, 1.82) is 0 Å². The van der Waals surface area contributed by atoms with Gasteiger partial charge in [-0.25, -0.2) is 9.78 Å². The molecule has 2 heterocycles. The molecule has 0 saturated heterocycles. The fourth-order valence-electron chi connectivity index (χ4n) is 1.67. The Kier molecular flexibility index (Phi) is 3.80. The predicted molar refractivity (Wildman–Crippen MR) is 74.4 cm³/mol. The molecule has 0 N–H and O–H groups in total. The van der Waals surface area contributed by atoms with Crippen molar-refractivity contribution in [2.24, 2.45) is 0 Å². The molecule has 0 saturated carbocycles. The van der Waals surface area contributed by atoms with E-state index < -0.39 is 5.97 Å². The van der Waals surface area contributed by atoms with Gasteiger partial charge < -0.3 is 4.74 Å². The maximum Gasteiger partial charge on any atom is 0.333 e. The average Bonchev–Trinajstić information content (AvgIpc) is 2.79. The molecule has 0 unspecified atom stereocenters. The second kappa shape index (κ2) is 5.36. The van der Waals surface area contributed by atoms with Gasteiger partial charge in [-0.15, -0.1) is 11.3 Å². The molecule has 0 aliphatic carbocycles. The van der Waals surface area contributed by atoms with Gasteiger partial charge in [0.2, 0.25) is 0 Å². The topological polar surface area (TPSA) is 61.2 Å². The van der Waals surface area contributed by atoms with E-state index in [0.29, 0.717) is 16.8 Å². The zero-order valence-corrected chi connectivity index (χ0v) is 11.8. The van der Waals surface area contributed by atoms with Crippen LogP contribution in [0.25, 0.3) is 10.2 Å². The summed E-state index contributed by atoms with van der Waals surface area (Å²) in [6, 6.07) is 0. The van der Waals surface area contributed by atoms with Gasteiger partial charge in [-0.05, 0) is 24.8 Å². The molecular formula is C13H14N2O3S. The van der Waals surface area contributed by atoms with Crippen LogP contribution in [-0.2, 0) is 16.1 Å². The number of hydrogen-bond acceptors (Lipinski definition) is 5. The van der Waals surface area contributed by atoms with Gasteiger partial charge in [-0.2, -0.15) is 0 Å². The lowest BCUT2D eigenvalue weighted by atomic mass is 10.3. The number of carbonyl (C=O) groups excluding carboxylic acids is 1. The minimum Gasteiger partial charge on any atom is -0.466 e. The molecule has 0 bridgehead atoms. The molecule has 19 heavy (non-hydrogen) atoms. The fourth-order valence-corrected chi connectivity index (χ4v) is 2.62. The predicted octanol–water partition coefficient (Wildman–Crippen LogP) is 1.89. The van der Waals surface area contributed by atoms with Crippen LogP contribution in [0.5, 0.6) is 0 Å². The van der Waals surface area contributed by atoms with Crippen LogP contribution in [0.15, 0.2) is 28.2 Å². The van der Waals surface area contributed by atoms with E-state index in [2.05, 4.69) is 9.72 Å². The van der Waals surface area contributed by atoms with E-state index in [1.165, 1.54) is 29.3 Å². The van der Waals surface area contributed by atoms with E-state index in [-0.39, 0.29) is 5.56 Å². The van der Waals surface area contributed by atoms with Gasteiger partial charge in [0.05, 0.1) is 19.0 Å². The highest BCUT2D eigenvalue weighted by Gasteiger charge is 2.08. The summed E-state index contributed by atoms with van der Waals surface area (Å²) in [5, 5.41) is 1.92. The van der Waals surface area contributed by atoms with Crippen molar-refractivity contribution >= 4 is 27.5 Å². The number of aromatic nitrogens is 2. The maximum atomic E-state index is 12.2. The molecule has 5 nitrogen and oxygen atoms in total. The second-order valence-electron chi connectivity index (χ2n) is 4.18. The van der Waals surface area contributed by atoms with E-state index >= 15 is 0 Å². The summed E-state index contributed by atoms with van der Waals surface area (Å²) in [6.45, 7) is 3.88. The quantitative estimate of drug-likeness (QED) is 0.635. The lowest BCUT2D eigenvalue weighted by molar-refractivity contribution is -0.136. The molecule has 0 atom stereocenters. The SMILES string of the molecule is COC(=O)C(C)=CCn1cnc2c(C)csc2c1=O. The molecule has 2 rings (SSSR count). The zero-order chi connectivity index (χ0) is 14.0. The number of esters is 1. The molecule has 0 amide bonds. The lowest BCUT2D eigenvalue weighted by Crippen LogP contribution is -2.19. The number of rotatable bonds is 3. The van der Waals surface area contributed by atoms with Crippen LogP contribution in [0.4, 0.5) is 0 Å². The Morgan fingerprint density at radius 1 is 1.58 bits per heavy atom. The molecule has 0 fully saturated rings. The summed E-state index contributed by atoms with van der Waals surface area (Å²) in [6.07, 6.45) is 3.16. The molecule has 0 aliphatic heterocycles. The van der Waals surface area contributed by atoms with Gasteiger partial charge in [-0.1, -0.05) is 6.08 Å². The van der Waals surface area contributed by atoms with Crippen LogP contribution in [0.3, 0.4) is 0 Å². The van der Waals surface area contributed by atoms with E-state index in [0.717, 1.165) is 11.1 Å². The summed E-state index contributed by atoms with van der Waals surface area (Å²) in [4.78, 5) is 27.7. The molecule has 100 valence electrons. The molecule has 6 heteroatoms. The van der Waals surface area contributed by atoms with Crippen LogP contribution in [0.1, 0.15) is 12.5 Å². The van der Waals surface area contributed by atoms with Gasteiger partial charge in [0, 0.05) is 12.1 Å². The molecule has 0 aromatic carbocycles. The molecule has 2 aromatic heterocycles. The Labute approximate surface area is 114 Å². The van der Waals surface area contributed by atoms with E-state index in [9.17, 15) is 9.59 Å². The number of hydrogen-bond donors (Lipinski definition) is 0. The number of methoxy groups -OCH3 is 1. The van der Waals surface area contributed by atoms with Crippen LogP contribution in [-0.4, -0.2) is 22.6 Å². The number of thiophene rings is 1. The first-order chi connectivity index (χ1) is 9.04. The summed E-state index contributed by atoms with van der Waals surface area (Å²) in [5.74, 6) is -0.394. The van der Waals surface area contributed by atoms with Gasteiger partial charge in [0.15, 0.2) is 0 Å². The molecule has 2 aromatic rings. The standard InChI is InChI=1S/C13H14N2O3S/c1-8(13(17)18-3)4-5-15-7-14-10-9(2)6-19-11(10)12(15)16/h4,6-7H,5H2,1-3H3. The fraction of sp³-hybridized carbons (Fsp3) is 0.308. The van der Waals surface area contributed by atoms with Crippen molar-refractivity contribution in [3.63, 3.8) is 0 Å². The van der Waals surface area contributed by atoms with Gasteiger partial charge >= 0.3 is 5.97 Å². The summed E-state index contributed by atoms with van der Waals surface area (Å²) < 4.78 is 6.72. The lowest BCUT2D eigenvalue weighted by Gasteiger charge is -2.03. The maximum absolute atomic E-state index is 12.2. The number of aryl methyl sites for hydroxylation is 1. The molecular weight excluding hydrogens is 264 g/mol. The Morgan fingerprint density at radius 2 is 2.32 bits per heavy atom. The van der Waals surface area contributed by atoms with Gasteiger partial charge in [-0.3, -0.25) is 9.36 Å². The van der Waals surface area contributed by atoms with E-state index in [1.54, 1.807) is 13.0 Å². The summed E-state index contributed by atoms with van der Waals surface area (Å²) in [5.41, 5.74) is 2.14. The highest BCUT2D eigenvalue weighted by atomic mass is 32.1. The largest absolute Gasteiger partial charge is 0.466 e. The van der Waals surface area contributed by atoms with Crippen molar-refractivity contribution in [1.82, 2.24) is 9.55 Å². The highest BCUT2D eigenvalue weighted by Crippen LogP contribution is 2.19. The smallest absolute Gasteiger partial charge is 0.333 e. The first kappa shape index (κ1) is 13.5. The van der Waals surface area contributed by atoms with Crippen molar-refractivity contribution in [2.45, 2.75) is 20.4 Å². The first-order valence-corrected chi connectivity index (χ1v) is 6.61. The Morgan fingerprint density at radius 3 is 3.00 bits per heavy atom. The third-order valence-corrected chi connectivity index (χ3v) is 3.90. The first-order valence-electron chi connectivity index (χ1n) is 5.73. The van der Waals surface area contributed by atoms with Crippen molar-refractivity contribution in [2.75, 3.05) is 7.11 Å². The van der Waals surface area contributed by atoms with Crippen LogP contribution >= 0.6 is 11.3 Å². The number of fused-ring (bicyclic) bond motifs is 1. The van der Waals surface area contributed by atoms with Crippen LogP contribution < -0.4 is 5.56 Å². The van der Waals surface area contributed by atoms with Crippen molar-refractivity contribution < 1.29 is 9.53 Å². The number of nitrogens with zero attached hydrogens (tertiary/aromatic N) is 2. The Balaban J connectivity index is 2.35. The summed E-state index contributed by atoms with van der Waals surface area (Å²) in [7, 11) is 1.33. The van der Waals surface area contributed by atoms with Crippen molar-refractivity contribution in [3.8, 4) is 0 Å². The van der Waals surface area contributed by atoms with Crippen LogP contribution in [0, 0.1) is 6.92 Å². The van der Waals surface area contributed by atoms with Crippen molar-refractivity contribution in [3.05, 3.63) is 39.3 Å². The van der Waals surface area contributed by atoms with Gasteiger partial charge in [0.1, 0.15) is 4.70 Å². The normalized spacial score (nSPS) is 11.8. The minimum absolute atomic E-state index is 0.0861. The van der Waals surface area contributed by atoms with E-state index in [1.807, 2.05) is 12.3 Å². The average molecular weight is 278 g/mol. The highest BCUT2D eigenvalue weighted by molar-refractivity contribution is 7.17. The second-order valence-corrected chi connectivity index (χ2v) is 5.06. The minimum atomic E-state index is -0.394. The monoisotopic (exact) mass is 278 g/mol. The number of carbonyl (C=O) groups is 1. The molecule has 0 spiro atoms. The van der Waals surface area contributed by atoms with Crippen LogP contribution in [0.2, 0.25) is 0 Å². The van der Waals surface area contributed by atoms with E-state index in [4.69, 9.17) is 0 Å². The van der Waals surface area contributed by atoms with Gasteiger partial charge in [0.25, 0.3) is 5.56 Å². The Hall–Kier alpha value is -1.95. The number of allylic oxidation sites excluding steroid dienone is 1.